The largest absolute Gasteiger partial charge is 0.573 e. The van der Waals surface area contributed by atoms with Gasteiger partial charge >= 0.3 is 12.4 Å². The average Bonchev–Trinajstić information content (AvgIpc) is 3.03. The zero-order valence-electron chi connectivity index (χ0n) is 15.0. The van der Waals surface area contributed by atoms with Gasteiger partial charge in [-0.1, -0.05) is 29.8 Å². The normalized spacial score (nSPS) is 20.7. The summed E-state index contributed by atoms with van der Waals surface area (Å²) in [4.78, 5) is 38.7. The van der Waals surface area contributed by atoms with Gasteiger partial charge < -0.3 is 15.0 Å². The minimum atomic E-state index is -4.84. The number of ether oxygens (including phenoxy) is 1. The minimum Gasteiger partial charge on any atom is -0.406 e. The van der Waals surface area contributed by atoms with Crippen molar-refractivity contribution in [2.24, 2.45) is 0 Å². The first-order valence-electron chi connectivity index (χ1n) is 8.51. The van der Waals surface area contributed by atoms with E-state index in [4.69, 9.17) is 0 Å². The molecule has 0 bridgehead atoms. The summed E-state index contributed by atoms with van der Waals surface area (Å²) < 4.78 is 41.4. The molecule has 4 rings (SSSR count). The van der Waals surface area contributed by atoms with Gasteiger partial charge in [0.15, 0.2) is 0 Å². The number of imide groups is 1. The molecule has 0 saturated carbocycles. The summed E-state index contributed by atoms with van der Waals surface area (Å²) in [5, 5.41) is 4.48. The van der Waals surface area contributed by atoms with Crippen LogP contribution in [0.15, 0.2) is 42.5 Å². The molecule has 1 unspecified atom stereocenters. The fourth-order valence-corrected chi connectivity index (χ4v) is 3.59. The van der Waals surface area contributed by atoms with Crippen LogP contribution in [-0.4, -0.2) is 24.2 Å². The van der Waals surface area contributed by atoms with Crippen molar-refractivity contribution in [1.82, 2.24) is 10.6 Å². The molecular weight excluding hydrogens is 391 g/mol. The summed E-state index contributed by atoms with van der Waals surface area (Å²) in [6, 6.07) is 9.40. The van der Waals surface area contributed by atoms with E-state index in [-0.39, 0.29) is 6.54 Å². The molecule has 1 atom stereocenters. The maximum Gasteiger partial charge on any atom is 0.573 e. The Kier molecular flexibility index (Phi) is 4.03. The third-order valence-corrected chi connectivity index (χ3v) is 4.75. The van der Waals surface area contributed by atoms with Gasteiger partial charge in [0.05, 0.1) is 12.2 Å². The number of hydrogen-bond donors (Lipinski definition) is 2. The summed E-state index contributed by atoms with van der Waals surface area (Å²) in [5.41, 5.74) is -0.0623. The van der Waals surface area contributed by atoms with E-state index in [1.165, 1.54) is 17.0 Å². The third kappa shape index (κ3) is 3.06. The second kappa shape index (κ2) is 6.23. The average molecular weight is 405 g/mol. The quantitative estimate of drug-likeness (QED) is 0.607. The van der Waals surface area contributed by atoms with Crippen LogP contribution < -0.4 is 20.3 Å². The molecule has 4 amide bonds. The lowest BCUT2D eigenvalue weighted by Crippen LogP contribution is -2.52. The fraction of sp³-hybridized carbons (Fsp3) is 0.211. The molecule has 2 N–H and O–H groups in total. The standard InChI is InChI=1S/C19H14F3N3O4/c1-10-5-6-14-13(7-10)18(15(26)23-17(28)24-18)16(27)25(14)9-11-3-2-4-12(8-11)29-19(20,21)22/h2-8H,9H2,1H3,(H2,23,24,26,28). The maximum absolute atomic E-state index is 13.2. The highest BCUT2D eigenvalue weighted by Gasteiger charge is 2.61. The van der Waals surface area contributed by atoms with E-state index in [1.54, 1.807) is 25.1 Å². The lowest BCUT2D eigenvalue weighted by molar-refractivity contribution is -0.274. The van der Waals surface area contributed by atoms with Gasteiger partial charge in [-0.3, -0.25) is 14.9 Å². The predicted molar refractivity (Wildman–Crippen MR) is 93.8 cm³/mol. The number of hydrogen-bond acceptors (Lipinski definition) is 4. The number of carbonyl (C=O) groups excluding carboxylic acids is 3. The molecule has 10 heteroatoms. The molecule has 2 aliphatic rings. The topological polar surface area (TPSA) is 87.7 Å². The molecule has 1 saturated heterocycles. The van der Waals surface area contributed by atoms with Gasteiger partial charge in [-0.05, 0) is 30.7 Å². The number of rotatable bonds is 3. The van der Waals surface area contributed by atoms with E-state index in [2.05, 4.69) is 15.4 Å². The summed E-state index contributed by atoms with van der Waals surface area (Å²) in [6.45, 7) is 1.66. The van der Waals surface area contributed by atoms with E-state index in [1.807, 2.05) is 0 Å². The zero-order valence-corrected chi connectivity index (χ0v) is 15.0. The highest BCUT2D eigenvalue weighted by molar-refractivity contribution is 6.27. The molecule has 0 aliphatic carbocycles. The SMILES string of the molecule is Cc1ccc2c(c1)C1(NC(=O)NC1=O)C(=O)N2Cc1cccc(OC(F)(F)F)c1. The lowest BCUT2D eigenvalue weighted by Gasteiger charge is -2.21. The van der Waals surface area contributed by atoms with Gasteiger partial charge in [-0.25, -0.2) is 4.79 Å². The number of benzene rings is 2. The highest BCUT2D eigenvalue weighted by Crippen LogP contribution is 2.43. The number of nitrogens with zero attached hydrogens (tertiary/aromatic N) is 1. The summed E-state index contributed by atoms with van der Waals surface area (Å²) >= 11 is 0. The monoisotopic (exact) mass is 405 g/mol. The van der Waals surface area contributed by atoms with Crippen LogP contribution in [0.1, 0.15) is 16.7 Å². The zero-order chi connectivity index (χ0) is 21.0. The Hall–Kier alpha value is -3.56. The number of carbonyl (C=O) groups is 3. The number of urea groups is 1. The summed E-state index contributed by atoms with van der Waals surface area (Å²) in [7, 11) is 0. The van der Waals surface area contributed by atoms with E-state index >= 15 is 0 Å². The fourth-order valence-electron chi connectivity index (χ4n) is 3.59. The third-order valence-electron chi connectivity index (χ3n) is 4.75. The Labute approximate surface area is 162 Å². The van der Waals surface area contributed by atoms with Crippen LogP contribution in [0.5, 0.6) is 5.75 Å². The van der Waals surface area contributed by atoms with Gasteiger partial charge in [0.2, 0.25) is 5.54 Å². The molecular formula is C19H14F3N3O4. The van der Waals surface area contributed by atoms with Crippen LogP contribution in [0.2, 0.25) is 0 Å². The number of nitrogens with one attached hydrogen (secondary N) is 2. The molecule has 2 aromatic carbocycles. The highest BCUT2D eigenvalue weighted by atomic mass is 19.4. The van der Waals surface area contributed by atoms with Crippen molar-refractivity contribution in [2.45, 2.75) is 25.4 Å². The molecule has 0 radical (unpaired) electrons. The second-order valence-electron chi connectivity index (χ2n) is 6.77. The number of halogens is 3. The molecule has 2 aliphatic heterocycles. The van der Waals surface area contributed by atoms with E-state index in [0.29, 0.717) is 16.8 Å². The van der Waals surface area contributed by atoms with Crippen LogP contribution in [-0.2, 0) is 21.7 Å². The Morgan fingerprint density at radius 1 is 1.10 bits per heavy atom. The summed E-state index contributed by atoms with van der Waals surface area (Å²) in [6.07, 6.45) is -4.84. The molecule has 1 fully saturated rings. The van der Waals surface area contributed by atoms with Gasteiger partial charge in [-0.2, -0.15) is 0 Å². The molecule has 0 aromatic heterocycles. The van der Waals surface area contributed by atoms with Crippen molar-refractivity contribution >= 4 is 23.5 Å². The molecule has 1 spiro atoms. The minimum absolute atomic E-state index is 0.116. The Morgan fingerprint density at radius 2 is 1.86 bits per heavy atom. The van der Waals surface area contributed by atoms with Gasteiger partial charge in [0.25, 0.3) is 11.8 Å². The first kappa shape index (κ1) is 18.8. The first-order chi connectivity index (χ1) is 13.6. The van der Waals surface area contributed by atoms with Crippen LogP contribution in [0.3, 0.4) is 0 Å². The van der Waals surface area contributed by atoms with E-state index < -0.39 is 35.5 Å². The van der Waals surface area contributed by atoms with Crippen LogP contribution in [0, 0.1) is 6.92 Å². The predicted octanol–water partition coefficient (Wildman–Crippen LogP) is 2.48. The van der Waals surface area contributed by atoms with Crippen LogP contribution in [0.25, 0.3) is 0 Å². The molecule has 2 aromatic rings. The van der Waals surface area contributed by atoms with Crippen molar-refractivity contribution in [2.75, 3.05) is 4.90 Å². The van der Waals surface area contributed by atoms with Crippen molar-refractivity contribution in [1.29, 1.82) is 0 Å². The number of alkyl halides is 3. The Balaban J connectivity index is 1.73. The van der Waals surface area contributed by atoms with Crippen LogP contribution in [0.4, 0.5) is 23.7 Å². The molecule has 2 heterocycles. The van der Waals surface area contributed by atoms with Crippen molar-refractivity contribution in [3.05, 3.63) is 59.2 Å². The smallest absolute Gasteiger partial charge is 0.406 e. The number of amides is 4. The number of fused-ring (bicyclic) bond motifs is 2. The Bertz CT molecular complexity index is 1050. The lowest BCUT2D eigenvalue weighted by atomic mass is 9.90. The van der Waals surface area contributed by atoms with Crippen LogP contribution >= 0.6 is 0 Å². The second-order valence-corrected chi connectivity index (χ2v) is 6.77. The van der Waals surface area contributed by atoms with E-state index in [0.717, 1.165) is 17.7 Å². The number of aryl methyl sites for hydroxylation is 1. The molecule has 150 valence electrons. The first-order valence-corrected chi connectivity index (χ1v) is 8.51. The Morgan fingerprint density at radius 3 is 2.52 bits per heavy atom. The van der Waals surface area contributed by atoms with E-state index in [9.17, 15) is 27.6 Å². The van der Waals surface area contributed by atoms with Crippen molar-refractivity contribution in [3.8, 4) is 5.75 Å². The number of anilines is 1. The molecule has 29 heavy (non-hydrogen) atoms. The molecule has 7 nitrogen and oxygen atoms in total. The van der Waals surface area contributed by atoms with Crippen molar-refractivity contribution in [3.63, 3.8) is 0 Å². The van der Waals surface area contributed by atoms with Gasteiger partial charge in [0.1, 0.15) is 5.75 Å². The summed E-state index contributed by atoms with van der Waals surface area (Å²) in [5.74, 6) is -1.91. The van der Waals surface area contributed by atoms with Crippen molar-refractivity contribution < 1.29 is 32.3 Å². The van der Waals surface area contributed by atoms with Gasteiger partial charge in [-0.15, -0.1) is 13.2 Å². The maximum atomic E-state index is 13.2. The van der Waals surface area contributed by atoms with Gasteiger partial charge in [0, 0.05) is 5.56 Å².